The zero-order valence-corrected chi connectivity index (χ0v) is 20.1. The van der Waals surface area contributed by atoms with Gasteiger partial charge in [-0.15, -0.1) is 0 Å². The fourth-order valence-corrected chi connectivity index (χ4v) is 3.63. The number of carbonyl (C=O) groups excluding carboxylic acids is 4. The van der Waals surface area contributed by atoms with Crippen molar-refractivity contribution >= 4 is 45.7 Å². The van der Waals surface area contributed by atoms with Crippen molar-refractivity contribution in [1.29, 1.82) is 0 Å². The van der Waals surface area contributed by atoms with E-state index in [-0.39, 0.29) is 16.8 Å². The monoisotopic (exact) mass is 534 g/mol. The molecule has 1 aliphatic heterocycles. The molecule has 1 heterocycles. The lowest BCUT2D eigenvalue weighted by Gasteiger charge is -2.15. The minimum absolute atomic E-state index is 0.167. The molecule has 0 saturated heterocycles. The molecule has 0 unspecified atom stereocenters. The van der Waals surface area contributed by atoms with E-state index in [0.717, 1.165) is 9.37 Å². The van der Waals surface area contributed by atoms with E-state index >= 15 is 0 Å². The molecule has 0 bridgehead atoms. The molecule has 176 valence electrons. The number of ether oxygens (including phenoxy) is 2. The molecule has 8 nitrogen and oxygen atoms in total. The second-order valence-electron chi connectivity index (χ2n) is 7.44. The maximum Gasteiger partial charge on any atom is 0.356 e. The zero-order valence-electron chi connectivity index (χ0n) is 18.5. The molecule has 1 N–H and O–H groups in total. The summed E-state index contributed by atoms with van der Waals surface area (Å²) in [7, 11) is 1.53. The average molecular weight is 535 g/mol. The van der Waals surface area contributed by atoms with Crippen molar-refractivity contribution in [1.82, 2.24) is 10.2 Å². The molecule has 9 heteroatoms. The first-order valence-electron chi connectivity index (χ1n) is 10.4. The first kappa shape index (κ1) is 23.9. The van der Waals surface area contributed by atoms with Crippen LogP contribution in [0.4, 0.5) is 0 Å². The number of nitrogens with zero attached hydrogens (tertiary/aromatic N) is 1. The lowest BCUT2D eigenvalue weighted by molar-refractivity contribution is -0.141. The van der Waals surface area contributed by atoms with Crippen molar-refractivity contribution in [2.24, 2.45) is 0 Å². The molecule has 3 amide bonds. The third kappa shape index (κ3) is 5.30. The topological polar surface area (TPSA) is 102 Å². The van der Waals surface area contributed by atoms with E-state index in [1.54, 1.807) is 60.7 Å². The predicted octanol–water partition coefficient (Wildman–Crippen LogP) is 4.03. The largest absolute Gasteiger partial charge is 0.497 e. The van der Waals surface area contributed by atoms with Crippen LogP contribution in [0, 0.1) is 0 Å². The van der Waals surface area contributed by atoms with Crippen LogP contribution >= 0.6 is 15.9 Å². The van der Waals surface area contributed by atoms with E-state index in [1.807, 2.05) is 0 Å². The number of halogens is 1. The summed E-state index contributed by atoms with van der Waals surface area (Å²) in [4.78, 5) is 51.6. The SMILES string of the molecule is COc1ccc(/C=C(\NC(=O)c2ccc(Br)cc2)C(=O)OCN2C(=O)c3ccccc3C2=O)cc1. The molecule has 4 rings (SSSR count). The van der Waals surface area contributed by atoms with Gasteiger partial charge in [0.15, 0.2) is 6.73 Å². The van der Waals surface area contributed by atoms with Crippen molar-refractivity contribution in [3.63, 3.8) is 0 Å². The van der Waals surface area contributed by atoms with E-state index in [2.05, 4.69) is 21.2 Å². The molecule has 3 aromatic carbocycles. The normalized spacial score (nSPS) is 12.9. The first-order chi connectivity index (χ1) is 16.9. The maximum atomic E-state index is 12.9. The average Bonchev–Trinajstić information content (AvgIpc) is 3.12. The number of nitrogens with one attached hydrogen (secondary N) is 1. The number of rotatable bonds is 7. The van der Waals surface area contributed by atoms with E-state index in [4.69, 9.17) is 9.47 Å². The highest BCUT2D eigenvalue weighted by molar-refractivity contribution is 9.10. The molecule has 1 aliphatic rings. The number of imide groups is 1. The zero-order chi connectivity index (χ0) is 24.9. The molecule has 0 radical (unpaired) electrons. The Morgan fingerprint density at radius 1 is 0.914 bits per heavy atom. The van der Waals surface area contributed by atoms with Gasteiger partial charge in [0, 0.05) is 10.0 Å². The third-order valence-electron chi connectivity index (χ3n) is 5.20. The molecular formula is C26H19BrN2O6. The van der Waals surface area contributed by atoms with Crippen LogP contribution in [0.25, 0.3) is 6.08 Å². The summed E-state index contributed by atoms with van der Waals surface area (Å²) in [5, 5.41) is 2.56. The molecule has 35 heavy (non-hydrogen) atoms. The van der Waals surface area contributed by atoms with Gasteiger partial charge >= 0.3 is 5.97 Å². The van der Waals surface area contributed by atoms with Gasteiger partial charge in [-0.05, 0) is 60.2 Å². The molecule has 0 saturated carbocycles. The Bertz CT molecular complexity index is 1300. The van der Waals surface area contributed by atoms with Gasteiger partial charge in [-0.1, -0.05) is 40.2 Å². The van der Waals surface area contributed by atoms with Crippen molar-refractivity contribution in [3.05, 3.63) is 105 Å². The minimum Gasteiger partial charge on any atom is -0.497 e. The van der Waals surface area contributed by atoms with Gasteiger partial charge < -0.3 is 14.8 Å². The number of esters is 1. The van der Waals surface area contributed by atoms with Crippen molar-refractivity contribution < 1.29 is 28.7 Å². The highest BCUT2D eigenvalue weighted by Gasteiger charge is 2.36. The van der Waals surface area contributed by atoms with Gasteiger partial charge in [-0.25, -0.2) is 9.69 Å². The van der Waals surface area contributed by atoms with Crippen LogP contribution in [-0.2, 0) is 9.53 Å². The van der Waals surface area contributed by atoms with Gasteiger partial charge in [-0.2, -0.15) is 0 Å². The summed E-state index contributed by atoms with van der Waals surface area (Å²) in [6, 6.07) is 19.7. The standard InChI is InChI=1S/C26H19BrN2O6/c1-34-19-12-6-16(7-13-19)14-22(28-23(30)17-8-10-18(27)11-9-17)26(33)35-15-29-24(31)20-4-2-3-5-21(20)25(29)32/h2-14H,15H2,1H3,(H,28,30)/b22-14-. The summed E-state index contributed by atoms with van der Waals surface area (Å²) in [5.74, 6) is -1.94. The summed E-state index contributed by atoms with van der Waals surface area (Å²) in [5.41, 5.74) is 1.23. The smallest absolute Gasteiger partial charge is 0.356 e. The van der Waals surface area contributed by atoms with Crippen LogP contribution in [-0.4, -0.2) is 42.4 Å². The van der Waals surface area contributed by atoms with Gasteiger partial charge in [-0.3, -0.25) is 14.4 Å². The molecule has 0 aliphatic carbocycles. The summed E-state index contributed by atoms with van der Waals surface area (Å²) in [6.07, 6.45) is 1.43. The van der Waals surface area contributed by atoms with Crippen LogP contribution in [0.2, 0.25) is 0 Å². The van der Waals surface area contributed by atoms with Gasteiger partial charge in [0.1, 0.15) is 11.4 Å². The number of amides is 3. The Labute approximate surface area is 209 Å². The first-order valence-corrected chi connectivity index (χ1v) is 11.2. The second-order valence-corrected chi connectivity index (χ2v) is 8.35. The number of benzene rings is 3. The Balaban J connectivity index is 1.54. The number of hydrogen-bond acceptors (Lipinski definition) is 6. The lowest BCUT2D eigenvalue weighted by Crippen LogP contribution is -2.35. The molecule has 3 aromatic rings. The Hall–Kier alpha value is -4.24. The maximum absolute atomic E-state index is 12.9. The van der Waals surface area contributed by atoms with E-state index < -0.39 is 30.4 Å². The Morgan fingerprint density at radius 2 is 1.51 bits per heavy atom. The van der Waals surface area contributed by atoms with E-state index in [1.165, 1.54) is 25.3 Å². The number of carbonyl (C=O) groups is 4. The van der Waals surface area contributed by atoms with Crippen LogP contribution in [0.15, 0.2) is 83.0 Å². The Kier molecular flexibility index (Phi) is 7.07. The summed E-state index contributed by atoms with van der Waals surface area (Å²) < 4.78 is 11.2. The van der Waals surface area contributed by atoms with Gasteiger partial charge in [0.2, 0.25) is 0 Å². The van der Waals surface area contributed by atoms with Crippen molar-refractivity contribution in [2.75, 3.05) is 13.8 Å². The van der Waals surface area contributed by atoms with Crippen LogP contribution < -0.4 is 10.1 Å². The van der Waals surface area contributed by atoms with E-state index in [0.29, 0.717) is 16.9 Å². The van der Waals surface area contributed by atoms with Crippen molar-refractivity contribution in [2.45, 2.75) is 0 Å². The van der Waals surface area contributed by atoms with Gasteiger partial charge in [0.05, 0.1) is 18.2 Å². The fraction of sp³-hybridized carbons (Fsp3) is 0.0769. The fourth-order valence-electron chi connectivity index (χ4n) is 3.37. The highest BCUT2D eigenvalue weighted by atomic mass is 79.9. The molecular weight excluding hydrogens is 516 g/mol. The summed E-state index contributed by atoms with van der Waals surface area (Å²) in [6.45, 7) is -0.598. The third-order valence-corrected chi connectivity index (χ3v) is 5.73. The number of hydrogen-bond donors (Lipinski definition) is 1. The quantitative estimate of drug-likeness (QED) is 0.279. The van der Waals surface area contributed by atoms with Gasteiger partial charge in [0.25, 0.3) is 17.7 Å². The second kappa shape index (κ2) is 10.4. The summed E-state index contributed by atoms with van der Waals surface area (Å²) >= 11 is 3.31. The van der Waals surface area contributed by atoms with Crippen LogP contribution in [0.1, 0.15) is 36.6 Å². The number of methoxy groups -OCH3 is 1. The van der Waals surface area contributed by atoms with Crippen LogP contribution in [0.5, 0.6) is 5.75 Å². The van der Waals surface area contributed by atoms with Crippen LogP contribution in [0.3, 0.4) is 0 Å². The number of fused-ring (bicyclic) bond motifs is 1. The predicted molar refractivity (Wildman–Crippen MR) is 130 cm³/mol. The highest BCUT2D eigenvalue weighted by Crippen LogP contribution is 2.22. The molecule has 0 fully saturated rings. The minimum atomic E-state index is -0.914. The van der Waals surface area contributed by atoms with E-state index in [9.17, 15) is 19.2 Å². The Morgan fingerprint density at radius 3 is 2.09 bits per heavy atom. The lowest BCUT2D eigenvalue weighted by atomic mass is 10.1. The molecule has 0 spiro atoms. The molecule has 0 aromatic heterocycles. The molecule has 0 atom stereocenters. The van der Waals surface area contributed by atoms with Crippen molar-refractivity contribution in [3.8, 4) is 5.75 Å².